The molecule has 9 nitrogen and oxygen atoms in total. The quantitative estimate of drug-likeness (QED) is 0.257. The van der Waals surface area contributed by atoms with Crippen LogP contribution in [0.3, 0.4) is 0 Å². The molecule has 0 aliphatic carbocycles. The molecule has 2 saturated heterocycles. The van der Waals surface area contributed by atoms with Gasteiger partial charge in [0.1, 0.15) is 11.8 Å². The summed E-state index contributed by atoms with van der Waals surface area (Å²) in [6.07, 6.45) is -0.959. The predicted octanol–water partition coefficient (Wildman–Crippen LogP) is 1.28. The van der Waals surface area contributed by atoms with Gasteiger partial charge >= 0.3 is 6.16 Å². The maximum Gasteiger partial charge on any atom is 0.507 e. The van der Waals surface area contributed by atoms with Gasteiger partial charge in [0, 0.05) is 24.6 Å². The third-order valence-electron chi connectivity index (χ3n) is 5.96. The summed E-state index contributed by atoms with van der Waals surface area (Å²) in [7, 11) is 1.40. The van der Waals surface area contributed by atoms with Crippen LogP contribution in [0.4, 0.5) is 4.79 Å². The summed E-state index contributed by atoms with van der Waals surface area (Å²) in [5.74, 6) is -2.99. The first kappa shape index (κ1) is 19.8. The SMILES string of the molecule is CCC(C)C1(OC(=O)O)NC(c2ccc(C(=N)N)cc2)C2C(=O)N(C)C(=O)C21. The number of hydrogen-bond acceptors (Lipinski definition) is 6. The van der Waals surface area contributed by atoms with Crippen molar-refractivity contribution in [3.05, 3.63) is 35.4 Å². The average Bonchev–Trinajstić information content (AvgIpc) is 3.11. The van der Waals surface area contributed by atoms with Gasteiger partial charge in [0.25, 0.3) is 0 Å². The highest BCUT2D eigenvalue weighted by Gasteiger charge is 2.68. The minimum Gasteiger partial charge on any atom is -0.450 e. The zero-order valence-corrected chi connectivity index (χ0v) is 15.9. The van der Waals surface area contributed by atoms with Gasteiger partial charge in [-0.15, -0.1) is 0 Å². The van der Waals surface area contributed by atoms with Crippen molar-refractivity contribution in [1.29, 1.82) is 5.41 Å². The Kier molecular flexibility index (Phi) is 4.88. The number of fused-ring (bicyclic) bond motifs is 1. The number of hydrogen-bond donors (Lipinski definition) is 4. The molecule has 2 aliphatic heterocycles. The van der Waals surface area contributed by atoms with Crippen LogP contribution in [0, 0.1) is 23.2 Å². The Balaban J connectivity index is 2.12. The topological polar surface area (TPSA) is 146 Å². The molecule has 0 radical (unpaired) electrons. The van der Waals surface area contributed by atoms with E-state index >= 15 is 0 Å². The lowest BCUT2D eigenvalue weighted by Gasteiger charge is -2.37. The smallest absolute Gasteiger partial charge is 0.450 e. The third kappa shape index (κ3) is 2.82. The molecule has 150 valence electrons. The van der Waals surface area contributed by atoms with Crippen LogP contribution >= 0.6 is 0 Å². The Labute approximate surface area is 162 Å². The molecule has 9 heteroatoms. The number of carbonyl (C=O) groups is 3. The second kappa shape index (κ2) is 6.90. The number of carboxylic acid groups (broad SMARTS) is 1. The van der Waals surface area contributed by atoms with Crippen LogP contribution < -0.4 is 11.1 Å². The Morgan fingerprint density at radius 1 is 1.36 bits per heavy atom. The lowest BCUT2D eigenvalue weighted by molar-refractivity contribution is -0.147. The highest BCUT2D eigenvalue weighted by atomic mass is 16.7. The third-order valence-corrected chi connectivity index (χ3v) is 5.96. The molecule has 5 atom stereocenters. The molecular formula is C19H24N4O5. The van der Waals surface area contributed by atoms with E-state index in [1.165, 1.54) is 7.05 Å². The predicted molar refractivity (Wildman–Crippen MR) is 99.4 cm³/mol. The van der Waals surface area contributed by atoms with E-state index in [1.807, 2.05) is 6.92 Å². The molecule has 1 aromatic carbocycles. The molecule has 5 unspecified atom stereocenters. The van der Waals surface area contributed by atoms with Gasteiger partial charge in [0.15, 0.2) is 5.72 Å². The zero-order chi connectivity index (χ0) is 20.8. The minimum atomic E-state index is -1.51. The molecule has 2 aliphatic rings. The monoisotopic (exact) mass is 388 g/mol. The van der Waals surface area contributed by atoms with E-state index in [0.29, 0.717) is 17.5 Å². The van der Waals surface area contributed by atoms with E-state index in [9.17, 15) is 19.5 Å². The fourth-order valence-electron chi connectivity index (χ4n) is 4.30. The number of nitrogen functional groups attached to an aromatic ring is 1. The molecule has 0 saturated carbocycles. The summed E-state index contributed by atoms with van der Waals surface area (Å²) >= 11 is 0. The maximum absolute atomic E-state index is 12.9. The highest BCUT2D eigenvalue weighted by molar-refractivity contribution is 6.06. The fourth-order valence-corrected chi connectivity index (χ4v) is 4.30. The van der Waals surface area contributed by atoms with Crippen LogP contribution in [-0.4, -0.2) is 46.6 Å². The highest BCUT2D eigenvalue weighted by Crippen LogP contribution is 2.52. The number of nitrogens with zero attached hydrogens (tertiary/aromatic N) is 1. The summed E-state index contributed by atoms with van der Waals surface area (Å²) in [5.41, 5.74) is 5.20. The standard InChI is InChI=1S/C19H24N4O5/c1-4-9(2)19(28-18(26)27)13-12(16(24)23(3)17(13)25)14(22-19)10-5-7-11(8-6-10)15(20)21/h5-9,12-14,22H,4H2,1-3H3,(H3,20,21)(H,26,27). The van der Waals surface area contributed by atoms with E-state index < -0.39 is 35.7 Å². The van der Waals surface area contributed by atoms with Crippen molar-refractivity contribution in [2.75, 3.05) is 7.05 Å². The number of amidine groups is 1. The second-order valence-electron chi connectivity index (χ2n) is 7.37. The molecule has 2 heterocycles. The van der Waals surface area contributed by atoms with Gasteiger partial charge in [-0.3, -0.25) is 25.2 Å². The van der Waals surface area contributed by atoms with E-state index in [0.717, 1.165) is 4.90 Å². The average molecular weight is 388 g/mol. The van der Waals surface area contributed by atoms with Crippen LogP contribution in [0.2, 0.25) is 0 Å². The van der Waals surface area contributed by atoms with Crippen LogP contribution in [0.15, 0.2) is 24.3 Å². The molecule has 2 amide bonds. The lowest BCUT2D eigenvalue weighted by Crippen LogP contribution is -2.56. The van der Waals surface area contributed by atoms with E-state index in [-0.39, 0.29) is 17.7 Å². The first-order valence-electron chi connectivity index (χ1n) is 9.09. The van der Waals surface area contributed by atoms with Crippen molar-refractivity contribution in [1.82, 2.24) is 10.2 Å². The number of likely N-dealkylation sites (tertiary alicyclic amines) is 1. The number of rotatable bonds is 5. The number of amides is 2. The summed E-state index contributed by atoms with van der Waals surface area (Å²) in [6, 6.07) is 6.13. The molecule has 2 fully saturated rings. The first-order valence-corrected chi connectivity index (χ1v) is 9.09. The number of nitrogens with one attached hydrogen (secondary N) is 2. The minimum absolute atomic E-state index is 0.0844. The summed E-state index contributed by atoms with van der Waals surface area (Å²) in [5, 5.41) is 20.1. The van der Waals surface area contributed by atoms with Crippen LogP contribution in [0.5, 0.6) is 0 Å². The van der Waals surface area contributed by atoms with Gasteiger partial charge in [-0.2, -0.15) is 0 Å². The van der Waals surface area contributed by atoms with Gasteiger partial charge in [0.2, 0.25) is 11.8 Å². The number of ether oxygens (including phenoxy) is 1. The molecule has 5 N–H and O–H groups in total. The Hall–Kier alpha value is -2.94. The fraction of sp³-hybridized carbons (Fsp3) is 0.474. The van der Waals surface area contributed by atoms with E-state index in [2.05, 4.69) is 5.32 Å². The molecule has 1 aromatic rings. The van der Waals surface area contributed by atoms with Crippen molar-refractivity contribution in [2.24, 2.45) is 23.5 Å². The van der Waals surface area contributed by atoms with Gasteiger partial charge < -0.3 is 15.6 Å². The molecule has 0 aromatic heterocycles. The molecule has 28 heavy (non-hydrogen) atoms. The number of nitrogens with two attached hydrogens (primary N) is 1. The van der Waals surface area contributed by atoms with Crippen molar-refractivity contribution in [3.63, 3.8) is 0 Å². The first-order chi connectivity index (χ1) is 13.1. The van der Waals surface area contributed by atoms with E-state index in [1.54, 1.807) is 31.2 Å². The zero-order valence-electron chi connectivity index (χ0n) is 15.9. The van der Waals surface area contributed by atoms with Gasteiger partial charge in [-0.25, -0.2) is 4.79 Å². The number of carbonyl (C=O) groups excluding carboxylic acids is 2. The Morgan fingerprint density at radius 2 is 1.96 bits per heavy atom. The lowest BCUT2D eigenvalue weighted by atomic mass is 9.79. The van der Waals surface area contributed by atoms with Crippen LogP contribution in [0.25, 0.3) is 0 Å². The maximum atomic E-state index is 12.9. The summed E-state index contributed by atoms with van der Waals surface area (Å²) in [6.45, 7) is 3.67. The number of benzene rings is 1. The van der Waals surface area contributed by atoms with E-state index in [4.69, 9.17) is 15.9 Å². The van der Waals surface area contributed by atoms with Crippen LogP contribution in [-0.2, 0) is 14.3 Å². The molecular weight excluding hydrogens is 364 g/mol. The van der Waals surface area contributed by atoms with Crippen molar-refractivity contribution in [3.8, 4) is 0 Å². The second-order valence-corrected chi connectivity index (χ2v) is 7.37. The van der Waals surface area contributed by atoms with Crippen molar-refractivity contribution in [2.45, 2.75) is 32.0 Å². The summed E-state index contributed by atoms with van der Waals surface area (Å²) < 4.78 is 5.30. The van der Waals surface area contributed by atoms with Gasteiger partial charge in [-0.05, 0) is 12.0 Å². The molecule has 0 spiro atoms. The van der Waals surface area contributed by atoms with Crippen molar-refractivity contribution >= 4 is 23.8 Å². The van der Waals surface area contributed by atoms with Gasteiger partial charge in [-0.1, -0.05) is 38.1 Å². The Bertz CT molecular complexity index is 839. The number of imide groups is 1. The van der Waals surface area contributed by atoms with Gasteiger partial charge in [0.05, 0.1) is 5.92 Å². The Morgan fingerprint density at radius 3 is 2.46 bits per heavy atom. The van der Waals surface area contributed by atoms with Crippen LogP contribution in [0.1, 0.15) is 37.4 Å². The largest absolute Gasteiger partial charge is 0.507 e. The van der Waals surface area contributed by atoms with Crippen molar-refractivity contribution < 1.29 is 24.2 Å². The normalized spacial score (nSPS) is 30.2. The molecule has 3 rings (SSSR count). The molecule has 0 bridgehead atoms. The summed E-state index contributed by atoms with van der Waals surface area (Å²) in [4.78, 5) is 38.3.